The first-order valence-corrected chi connectivity index (χ1v) is 9.97. The van der Waals surface area contributed by atoms with Crippen LogP contribution in [0.25, 0.3) is 0 Å². The number of aliphatic hydroxyl groups is 1. The molecule has 3 N–H and O–H groups in total. The van der Waals surface area contributed by atoms with Crippen molar-refractivity contribution in [3.63, 3.8) is 0 Å². The number of aliphatic hydroxyl groups excluding tert-OH is 1. The van der Waals surface area contributed by atoms with Gasteiger partial charge in [0.1, 0.15) is 12.3 Å². The van der Waals surface area contributed by atoms with Crippen molar-refractivity contribution in [1.29, 1.82) is 0 Å². The average Bonchev–Trinajstić information content (AvgIpc) is 3.08. The smallest absolute Gasteiger partial charge is 0.216 e. The highest BCUT2D eigenvalue weighted by molar-refractivity contribution is 5.79. The summed E-state index contributed by atoms with van der Waals surface area (Å²) in [7, 11) is 0. The van der Waals surface area contributed by atoms with Gasteiger partial charge in [0.2, 0.25) is 5.89 Å². The van der Waals surface area contributed by atoms with Crippen LogP contribution < -0.4 is 10.6 Å². The van der Waals surface area contributed by atoms with Crippen molar-refractivity contribution in [2.24, 2.45) is 10.4 Å². The molecule has 1 aromatic rings. The lowest BCUT2D eigenvalue weighted by atomic mass is 9.72. The van der Waals surface area contributed by atoms with Crippen molar-refractivity contribution in [2.45, 2.75) is 78.2 Å². The van der Waals surface area contributed by atoms with E-state index in [1.165, 1.54) is 32.1 Å². The van der Waals surface area contributed by atoms with E-state index in [-0.39, 0.29) is 17.4 Å². The lowest BCUT2D eigenvalue weighted by Crippen LogP contribution is -2.44. The van der Waals surface area contributed by atoms with Crippen molar-refractivity contribution in [2.75, 3.05) is 19.7 Å². The van der Waals surface area contributed by atoms with E-state index in [4.69, 9.17) is 4.42 Å². The molecule has 0 radical (unpaired) electrons. The fraction of sp³-hybridized carbons (Fsp3) is 0.800. The van der Waals surface area contributed by atoms with Crippen LogP contribution in [0.2, 0.25) is 0 Å². The summed E-state index contributed by atoms with van der Waals surface area (Å²) in [6, 6.07) is 0. The summed E-state index contributed by atoms with van der Waals surface area (Å²) in [6.07, 6.45) is 8.81. The molecule has 6 heteroatoms. The second kappa shape index (κ2) is 9.40. The van der Waals surface area contributed by atoms with Gasteiger partial charge in [0, 0.05) is 25.1 Å². The van der Waals surface area contributed by atoms with Gasteiger partial charge in [0.15, 0.2) is 5.96 Å². The highest BCUT2D eigenvalue weighted by atomic mass is 16.4. The number of aromatic nitrogens is 1. The molecule has 26 heavy (non-hydrogen) atoms. The summed E-state index contributed by atoms with van der Waals surface area (Å²) in [6.45, 7) is 10.7. The molecule has 0 saturated heterocycles. The third-order valence-electron chi connectivity index (χ3n) is 5.20. The van der Waals surface area contributed by atoms with Crippen LogP contribution in [0, 0.1) is 5.41 Å². The second-order valence-electron chi connectivity index (χ2n) is 8.45. The Labute approximate surface area is 157 Å². The molecule has 1 aliphatic rings. The van der Waals surface area contributed by atoms with Crippen LogP contribution >= 0.6 is 0 Å². The van der Waals surface area contributed by atoms with Gasteiger partial charge < -0.3 is 20.2 Å². The van der Waals surface area contributed by atoms with Gasteiger partial charge in [0.25, 0.3) is 0 Å². The molecule has 1 saturated carbocycles. The number of aliphatic imine (C=N–C) groups is 1. The minimum absolute atomic E-state index is 0.0463. The van der Waals surface area contributed by atoms with Crippen LogP contribution in [0.1, 0.15) is 77.9 Å². The lowest BCUT2D eigenvalue weighted by Gasteiger charge is -2.37. The van der Waals surface area contributed by atoms with Crippen LogP contribution in [0.5, 0.6) is 0 Å². The number of guanidine groups is 1. The maximum atomic E-state index is 9.48. The van der Waals surface area contributed by atoms with Crippen LogP contribution in [-0.2, 0) is 12.0 Å². The Morgan fingerprint density at radius 3 is 2.58 bits per heavy atom. The predicted octanol–water partition coefficient (Wildman–Crippen LogP) is 3.36. The van der Waals surface area contributed by atoms with Gasteiger partial charge in [-0.15, -0.1) is 0 Å². The monoisotopic (exact) mass is 364 g/mol. The Bertz CT molecular complexity index is 563. The van der Waals surface area contributed by atoms with Crippen LogP contribution in [0.4, 0.5) is 0 Å². The van der Waals surface area contributed by atoms with E-state index in [1.807, 2.05) is 0 Å². The molecule has 1 heterocycles. The van der Waals surface area contributed by atoms with E-state index in [1.54, 1.807) is 6.20 Å². The Balaban J connectivity index is 1.98. The molecular formula is C20H36N4O2. The molecule has 0 atom stereocenters. The largest absolute Gasteiger partial charge is 0.443 e. The molecule has 6 nitrogen and oxygen atoms in total. The van der Waals surface area contributed by atoms with Gasteiger partial charge in [0.05, 0.1) is 6.20 Å². The Morgan fingerprint density at radius 1 is 1.27 bits per heavy atom. The van der Waals surface area contributed by atoms with E-state index in [0.29, 0.717) is 12.4 Å². The number of nitrogens with zero attached hydrogens (tertiary/aromatic N) is 2. The minimum Gasteiger partial charge on any atom is -0.443 e. The predicted molar refractivity (Wildman–Crippen MR) is 105 cm³/mol. The van der Waals surface area contributed by atoms with Gasteiger partial charge in [-0.05, 0) is 31.6 Å². The fourth-order valence-electron chi connectivity index (χ4n) is 3.54. The normalized spacial score (nSPS) is 18.0. The summed E-state index contributed by atoms with van der Waals surface area (Å²) >= 11 is 0. The highest BCUT2D eigenvalue weighted by Crippen LogP contribution is 2.38. The van der Waals surface area contributed by atoms with Gasteiger partial charge >= 0.3 is 0 Å². The molecule has 148 valence electrons. The maximum Gasteiger partial charge on any atom is 0.216 e. The molecule has 0 aliphatic heterocycles. The third kappa shape index (κ3) is 6.01. The number of hydrogen-bond acceptors (Lipinski definition) is 4. The van der Waals surface area contributed by atoms with Crippen LogP contribution in [0.15, 0.2) is 15.6 Å². The quantitative estimate of drug-likeness (QED) is 0.510. The first-order chi connectivity index (χ1) is 12.4. The number of hydrogen-bond donors (Lipinski definition) is 3. The Morgan fingerprint density at radius 2 is 2.00 bits per heavy atom. The SMILES string of the molecule is CCNC(=NCc1ncc(C(C)(C)C)o1)NCC1(CCO)CCCCC1. The van der Waals surface area contributed by atoms with Crippen molar-refractivity contribution in [3.8, 4) is 0 Å². The van der Waals surface area contributed by atoms with Gasteiger partial charge in [-0.1, -0.05) is 40.0 Å². The van der Waals surface area contributed by atoms with Crippen molar-refractivity contribution in [1.82, 2.24) is 15.6 Å². The molecular weight excluding hydrogens is 328 g/mol. The summed E-state index contributed by atoms with van der Waals surface area (Å²) in [5.41, 5.74) is 0.140. The molecule has 0 bridgehead atoms. The summed E-state index contributed by atoms with van der Waals surface area (Å²) in [5, 5.41) is 16.3. The zero-order valence-corrected chi connectivity index (χ0v) is 16.9. The second-order valence-corrected chi connectivity index (χ2v) is 8.45. The molecule has 0 amide bonds. The zero-order chi connectivity index (χ0) is 19.0. The van der Waals surface area contributed by atoms with E-state index >= 15 is 0 Å². The molecule has 0 aromatic carbocycles. The van der Waals surface area contributed by atoms with Crippen molar-refractivity contribution in [3.05, 3.63) is 17.8 Å². The lowest BCUT2D eigenvalue weighted by molar-refractivity contribution is 0.131. The molecule has 2 rings (SSSR count). The number of rotatable bonds is 7. The molecule has 1 aromatic heterocycles. The van der Waals surface area contributed by atoms with E-state index in [9.17, 15) is 5.11 Å². The standard InChI is InChI=1S/C20H36N4O2/c1-5-21-18(23-14-17-22-13-16(26-17)19(2,3)4)24-15-20(11-12-25)9-7-6-8-10-20/h13,25H,5-12,14-15H2,1-4H3,(H2,21,23,24). The molecule has 1 fully saturated rings. The number of nitrogens with one attached hydrogen (secondary N) is 2. The first-order valence-electron chi connectivity index (χ1n) is 9.97. The van der Waals surface area contributed by atoms with Crippen LogP contribution in [0.3, 0.4) is 0 Å². The molecule has 0 spiro atoms. The zero-order valence-electron chi connectivity index (χ0n) is 16.9. The van der Waals surface area contributed by atoms with Gasteiger partial charge in [-0.3, -0.25) is 0 Å². The molecule has 1 aliphatic carbocycles. The Kier molecular flexibility index (Phi) is 7.50. The minimum atomic E-state index is -0.0463. The average molecular weight is 365 g/mol. The summed E-state index contributed by atoms with van der Waals surface area (Å²) in [4.78, 5) is 8.98. The van der Waals surface area contributed by atoms with Crippen LogP contribution in [-0.4, -0.2) is 35.7 Å². The topological polar surface area (TPSA) is 82.7 Å². The van der Waals surface area contributed by atoms with Gasteiger partial charge in [-0.2, -0.15) is 0 Å². The van der Waals surface area contributed by atoms with E-state index in [2.05, 4.69) is 48.3 Å². The van der Waals surface area contributed by atoms with E-state index in [0.717, 1.165) is 31.2 Å². The highest BCUT2D eigenvalue weighted by Gasteiger charge is 2.31. The fourth-order valence-corrected chi connectivity index (χ4v) is 3.54. The maximum absolute atomic E-state index is 9.48. The van der Waals surface area contributed by atoms with Gasteiger partial charge in [-0.25, -0.2) is 9.98 Å². The van der Waals surface area contributed by atoms with Crippen molar-refractivity contribution >= 4 is 5.96 Å². The first kappa shape index (κ1) is 20.7. The number of oxazole rings is 1. The third-order valence-corrected chi connectivity index (χ3v) is 5.20. The molecule has 0 unspecified atom stereocenters. The van der Waals surface area contributed by atoms with E-state index < -0.39 is 0 Å². The summed E-state index contributed by atoms with van der Waals surface area (Å²) in [5.74, 6) is 2.30. The summed E-state index contributed by atoms with van der Waals surface area (Å²) < 4.78 is 5.82. The Hall–Kier alpha value is -1.56. The van der Waals surface area contributed by atoms with Crippen molar-refractivity contribution < 1.29 is 9.52 Å².